The molecule has 0 saturated heterocycles. The van der Waals surface area contributed by atoms with Gasteiger partial charge in [-0.05, 0) is 35.4 Å². The molecular weight excluding hydrogens is 228 g/mol. The molecule has 0 saturated carbocycles. The first-order chi connectivity index (χ1) is 7.28. The third kappa shape index (κ3) is 2.66. The van der Waals surface area contributed by atoms with E-state index in [1.54, 1.807) is 12.3 Å². The summed E-state index contributed by atoms with van der Waals surface area (Å²) >= 11 is 2.89. The van der Waals surface area contributed by atoms with Gasteiger partial charge in [-0.15, -0.1) is 0 Å². The van der Waals surface area contributed by atoms with Gasteiger partial charge in [0.05, 0.1) is 0 Å². The van der Waals surface area contributed by atoms with Gasteiger partial charge >= 0.3 is 0 Å². The van der Waals surface area contributed by atoms with Gasteiger partial charge in [0.2, 0.25) is 0 Å². The lowest BCUT2D eigenvalue weighted by Gasteiger charge is -1.96. The molecule has 0 aliphatic carbocycles. The van der Waals surface area contributed by atoms with Gasteiger partial charge in [0.15, 0.2) is 4.34 Å². The standard InChI is InChI=1S/C9H10N4S2/c1-2-7-12-9(15-13-7)14-8-5-6(10)3-4-11-8/h3-5H,2H2,1H3,(H2,10,11). The van der Waals surface area contributed by atoms with Crippen LogP contribution in [0.1, 0.15) is 12.7 Å². The second-order valence-corrected chi connectivity index (χ2v) is 4.88. The minimum Gasteiger partial charge on any atom is -0.399 e. The molecule has 2 N–H and O–H groups in total. The van der Waals surface area contributed by atoms with E-state index in [0.717, 1.165) is 21.6 Å². The lowest BCUT2D eigenvalue weighted by atomic mass is 10.4. The minimum atomic E-state index is 0.715. The normalized spacial score (nSPS) is 10.5. The maximum Gasteiger partial charge on any atom is 0.176 e. The molecule has 15 heavy (non-hydrogen) atoms. The SMILES string of the molecule is CCc1nsc(Sc2cc(N)ccn2)n1. The summed E-state index contributed by atoms with van der Waals surface area (Å²) in [7, 11) is 0. The fraction of sp³-hybridized carbons (Fsp3) is 0.222. The van der Waals surface area contributed by atoms with Crippen LogP contribution in [0.5, 0.6) is 0 Å². The molecule has 2 rings (SSSR count). The van der Waals surface area contributed by atoms with Crippen LogP contribution in [0.25, 0.3) is 0 Å². The Hall–Kier alpha value is -1.14. The van der Waals surface area contributed by atoms with Crippen LogP contribution in [0.3, 0.4) is 0 Å². The molecule has 6 heteroatoms. The molecule has 2 aromatic heterocycles. The van der Waals surface area contributed by atoms with Crippen molar-refractivity contribution in [3.8, 4) is 0 Å². The summed E-state index contributed by atoms with van der Waals surface area (Å²) in [6, 6.07) is 3.60. The van der Waals surface area contributed by atoms with E-state index in [9.17, 15) is 0 Å². The van der Waals surface area contributed by atoms with Gasteiger partial charge in [0.25, 0.3) is 0 Å². The first kappa shape index (κ1) is 10.4. The minimum absolute atomic E-state index is 0.715. The number of rotatable bonds is 3. The van der Waals surface area contributed by atoms with E-state index in [4.69, 9.17) is 5.73 Å². The number of hydrogen-bond acceptors (Lipinski definition) is 6. The quantitative estimate of drug-likeness (QED) is 0.888. The monoisotopic (exact) mass is 238 g/mol. The molecule has 0 fully saturated rings. The van der Waals surface area contributed by atoms with Crippen molar-refractivity contribution in [3.05, 3.63) is 24.2 Å². The third-order valence-electron chi connectivity index (χ3n) is 1.72. The highest BCUT2D eigenvalue weighted by Crippen LogP contribution is 2.28. The van der Waals surface area contributed by atoms with Crippen LogP contribution in [-0.2, 0) is 6.42 Å². The molecule has 0 radical (unpaired) electrons. The Kier molecular flexibility index (Phi) is 3.17. The van der Waals surface area contributed by atoms with E-state index in [2.05, 4.69) is 14.3 Å². The van der Waals surface area contributed by atoms with Crippen molar-refractivity contribution in [2.24, 2.45) is 0 Å². The molecule has 0 aliphatic rings. The highest BCUT2D eigenvalue weighted by atomic mass is 32.2. The van der Waals surface area contributed by atoms with E-state index in [1.165, 1.54) is 23.3 Å². The Morgan fingerprint density at radius 1 is 1.53 bits per heavy atom. The Bertz CT molecular complexity index is 455. The van der Waals surface area contributed by atoms with Crippen LogP contribution in [-0.4, -0.2) is 14.3 Å². The second-order valence-electron chi connectivity index (χ2n) is 2.86. The second kappa shape index (κ2) is 4.59. The summed E-state index contributed by atoms with van der Waals surface area (Å²) in [5, 5.41) is 0.855. The fourth-order valence-electron chi connectivity index (χ4n) is 0.993. The van der Waals surface area contributed by atoms with E-state index in [1.807, 2.05) is 13.0 Å². The lowest BCUT2D eigenvalue weighted by molar-refractivity contribution is 0.970. The number of aromatic nitrogens is 3. The zero-order valence-corrected chi connectivity index (χ0v) is 9.81. The van der Waals surface area contributed by atoms with Gasteiger partial charge in [-0.1, -0.05) is 6.92 Å². The smallest absolute Gasteiger partial charge is 0.176 e. The maximum atomic E-state index is 5.66. The summed E-state index contributed by atoms with van der Waals surface area (Å²) in [5.74, 6) is 0.881. The summed E-state index contributed by atoms with van der Waals surface area (Å²) in [4.78, 5) is 8.54. The highest BCUT2D eigenvalue weighted by Gasteiger charge is 2.05. The number of nitrogens with two attached hydrogens (primary N) is 1. The van der Waals surface area contributed by atoms with Crippen molar-refractivity contribution in [1.82, 2.24) is 14.3 Å². The molecule has 78 valence electrons. The van der Waals surface area contributed by atoms with Crippen LogP contribution in [0, 0.1) is 0 Å². The molecule has 2 heterocycles. The molecule has 4 nitrogen and oxygen atoms in total. The summed E-state index contributed by atoms with van der Waals surface area (Å²) in [6.45, 7) is 2.04. The topological polar surface area (TPSA) is 64.7 Å². The van der Waals surface area contributed by atoms with Crippen LogP contribution < -0.4 is 5.73 Å². The summed E-state index contributed by atoms with van der Waals surface area (Å²) in [6.07, 6.45) is 2.56. The van der Waals surface area contributed by atoms with E-state index >= 15 is 0 Å². The van der Waals surface area contributed by atoms with Gasteiger partial charge in [-0.25, -0.2) is 9.97 Å². The molecule has 0 spiro atoms. The summed E-state index contributed by atoms with van der Waals surface area (Å²) in [5.41, 5.74) is 6.37. The Labute approximate surface area is 96.1 Å². The van der Waals surface area contributed by atoms with Gasteiger partial charge in [-0.2, -0.15) is 4.37 Å². The average molecular weight is 238 g/mol. The Balaban J connectivity index is 2.14. The molecule has 0 aliphatic heterocycles. The van der Waals surface area contributed by atoms with E-state index in [-0.39, 0.29) is 0 Å². The van der Waals surface area contributed by atoms with Crippen molar-refractivity contribution in [1.29, 1.82) is 0 Å². The molecule has 0 unspecified atom stereocenters. The van der Waals surface area contributed by atoms with E-state index < -0.39 is 0 Å². The molecule has 0 aromatic carbocycles. The Morgan fingerprint density at radius 3 is 3.07 bits per heavy atom. The molecular formula is C9H10N4S2. The fourth-order valence-corrected chi connectivity index (χ4v) is 2.65. The number of nitrogen functional groups attached to an aromatic ring is 1. The van der Waals surface area contributed by atoms with Crippen molar-refractivity contribution in [2.75, 3.05) is 5.73 Å². The van der Waals surface area contributed by atoms with Crippen molar-refractivity contribution < 1.29 is 0 Å². The number of pyridine rings is 1. The van der Waals surface area contributed by atoms with Crippen LogP contribution in [0.4, 0.5) is 5.69 Å². The molecule has 0 bridgehead atoms. The average Bonchev–Trinajstić information content (AvgIpc) is 2.65. The first-order valence-electron chi connectivity index (χ1n) is 4.50. The van der Waals surface area contributed by atoms with Gasteiger partial charge in [-0.3, -0.25) is 0 Å². The van der Waals surface area contributed by atoms with Crippen molar-refractivity contribution in [2.45, 2.75) is 22.7 Å². The largest absolute Gasteiger partial charge is 0.399 e. The van der Waals surface area contributed by atoms with Gasteiger partial charge < -0.3 is 5.73 Å². The van der Waals surface area contributed by atoms with Crippen LogP contribution in [0.2, 0.25) is 0 Å². The number of hydrogen-bond donors (Lipinski definition) is 1. The predicted octanol–water partition coefficient (Wildman–Crippen LogP) is 2.23. The lowest BCUT2D eigenvalue weighted by Crippen LogP contribution is -1.86. The Morgan fingerprint density at radius 2 is 2.40 bits per heavy atom. The van der Waals surface area contributed by atoms with Crippen molar-refractivity contribution in [3.63, 3.8) is 0 Å². The van der Waals surface area contributed by atoms with Gasteiger partial charge in [0.1, 0.15) is 10.9 Å². The number of nitrogens with zero attached hydrogens (tertiary/aromatic N) is 3. The zero-order valence-electron chi connectivity index (χ0n) is 8.17. The maximum absolute atomic E-state index is 5.66. The van der Waals surface area contributed by atoms with Crippen LogP contribution in [0.15, 0.2) is 27.7 Å². The number of anilines is 1. The predicted molar refractivity (Wildman–Crippen MR) is 62.1 cm³/mol. The van der Waals surface area contributed by atoms with E-state index in [0.29, 0.717) is 5.69 Å². The third-order valence-corrected chi connectivity index (χ3v) is 3.44. The summed E-state index contributed by atoms with van der Waals surface area (Å²) < 4.78 is 5.11. The molecule has 2 aromatic rings. The first-order valence-corrected chi connectivity index (χ1v) is 6.09. The highest BCUT2D eigenvalue weighted by molar-refractivity contribution is 8.00. The zero-order chi connectivity index (χ0) is 10.7. The number of aryl methyl sites for hydroxylation is 1. The van der Waals surface area contributed by atoms with Crippen LogP contribution >= 0.6 is 23.3 Å². The van der Waals surface area contributed by atoms with Crippen molar-refractivity contribution >= 4 is 29.0 Å². The molecule has 0 amide bonds. The van der Waals surface area contributed by atoms with Gasteiger partial charge in [0, 0.05) is 18.3 Å². The molecule has 0 atom stereocenters.